The van der Waals surface area contributed by atoms with E-state index in [2.05, 4.69) is 20.2 Å². The molecular weight excluding hydrogens is 378 g/mol. The molecule has 150 valence electrons. The van der Waals surface area contributed by atoms with Crippen LogP contribution < -0.4 is 5.32 Å². The highest BCUT2D eigenvalue weighted by atomic mass is 32.2. The van der Waals surface area contributed by atoms with Gasteiger partial charge in [-0.15, -0.1) is 0 Å². The predicted molar refractivity (Wildman–Crippen MR) is 106 cm³/mol. The van der Waals surface area contributed by atoms with Crippen molar-refractivity contribution in [2.45, 2.75) is 44.1 Å². The zero-order chi connectivity index (χ0) is 19.8. The average molecular weight is 404 g/mol. The Morgan fingerprint density at radius 2 is 1.86 bits per heavy atom. The first-order valence-corrected chi connectivity index (χ1v) is 10.5. The third kappa shape index (κ3) is 3.52. The van der Waals surface area contributed by atoms with Gasteiger partial charge in [-0.25, -0.2) is 19.8 Å². The van der Waals surface area contributed by atoms with Crippen LogP contribution in [0.3, 0.4) is 0 Å². The van der Waals surface area contributed by atoms with E-state index < -0.39 is 18.2 Å². The van der Waals surface area contributed by atoms with Crippen LogP contribution in [0, 0.1) is 13.8 Å². The van der Waals surface area contributed by atoms with Crippen LogP contribution in [0.2, 0.25) is 0 Å². The van der Waals surface area contributed by atoms with E-state index in [-0.39, 0.29) is 5.91 Å². The third-order valence-electron chi connectivity index (χ3n) is 5.25. The van der Waals surface area contributed by atoms with E-state index in [0.717, 1.165) is 54.2 Å². The van der Waals surface area contributed by atoms with E-state index in [4.69, 9.17) is 4.99 Å². The van der Waals surface area contributed by atoms with Crippen molar-refractivity contribution in [1.82, 2.24) is 30.0 Å². The molecule has 4 heterocycles. The van der Waals surface area contributed by atoms with Crippen LogP contribution in [0.25, 0.3) is 0 Å². The molecule has 9 nitrogen and oxygen atoms in total. The van der Waals surface area contributed by atoms with Gasteiger partial charge >= 0.3 is 6.03 Å². The summed E-state index contributed by atoms with van der Waals surface area (Å²) in [6.45, 7) is 6.41. The fourth-order valence-corrected chi connectivity index (χ4v) is 4.81. The number of guanidine groups is 1. The lowest BCUT2D eigenvalue weighted by molar-refractivity contribution is -0.127. The quantitative estimate of drug-likeness (QED) is 0.588. The largest absolute Gasteiger partial charge is 0.343 e. The fraction of sp³-hybridized carbons (Fsp3) is 0.611. The topological polar surface area (TPSA) is 94.0 Å². The normalized spacial score (nSPS) is 24.5. The molecule has 0 aliphatic carbocycles. The molecule has 3 aliphatic rings. The maximum atomic E-state index is 12.6. The number of hydrogen-bond acceptors (Lipinski definition) is 8. The Hall–Kier alpha value is -2.36. The van der Waals surface area contributed by atoms with Crippen LogP contribution in [0.1, 0.15) is 24.2 Å². The van der Waals surface area contributed by atoms with E-state index in [9.17, 15) is 9.59 Å². The summed E-state index contributed by atoms with van der Waals surface area (Å²) in [5.41, 5.74) is 1.89. The van der Waals surface area contributed by atoms with Gasteiger partial charge in [0, 0.05) is 43.8 Å². The molecule has 2 fully saturated rings. The number of rotatable bonds is 4. The summed E-state index contributed by atoms with van der Waals surface area (Å²) in [7, 11) is 1.69. The number of likely N-dealkylation sites (tertiary alicyclic amines) is 1. The maximum absolute atomic E-state index is 12.6. The highest BCUT2D eigenvalue weighted by molar-refractivity contribution is 7.99. The van der Waals surface area contributed by atoms with Crippen molar-refractivity contribution in [1.29, 1.82) is 0 Å². The molecule has 3 amide bonds. The second-order valence-electron chi connectivity index (χ2n) is 7.36. The number of carbonyl (C=O) groups excluding carboxylic acids is 2. The van der Waals surface area contributed by atoms with Crippen molar-refractivity contribution < 1.29 is 9.59 Å². The molecule has 1 N–H and O–H groups in total. The Morgan fingerprint density at radius 3 is 2.54 bits per heavy atom. The number of thioether (sulfide) groups is 1. The first-order valence-electron chi connectivity index (χ1n) is 9.56. The molecule has 1 aromatic rings. The van der Waals surface area contributed by atoms with Crippen molar-refractivity contribution in [2.24, 2.45) is 4.99 Å². The van der Waals surface area contributed by atoms with Gasteiger partial charge in [-0.1, -0.05) is 11.8 Å². The zero-order valence-electron chi connectivity index (χ0n) is 16.4. The van der Waals surface area contributed by atoms with Gasteiger partial charge in [0.15, 0.2) is 23.3 Å². The van der Waals surface area contributed by atoms with E-state index >= 15 is 0 Å². The number of hydrogen-bond donors (Lipinski definition) is 1. The number of aromatic nitrogens is 2. The van der Waals surface area contributed by atoms with Gasteiger partial charge in [-0.05, 0) is 32.8 Å². The number of imide groups is 1. The van der Waals surface area contributed by atoms with Gasteiger partial charge < -0.3 is 14.7 Å². The lowest BCUT2D eigenvalue weighted by Crippen LogP contribution is -2.64. The number of aliphatic imine (C=N–C) groups is 1. The molecule has 2 atom stereocenters. The third-order valence-corrected chi connectivity index (χ3v) is 6.08. The first-order chi connectivity index (χ1) is 13.4. The van der Waals surface area contributed by atoms with Crippen LogP contribution in [0.15, 0.2) is 16.2 Å². The van der Waals surface area contributed by atoms with Crippen LogP contribution in [0.4, 0.5) is 4.79 Å². The number of fused-ring (bicyclic) bond motifs is 1. The van der Waals surface area contributed by atoms with Gasteiger partial charge in [0.1, 0.15) is 0 Å². The van der Waals surface area contributed by atoms with Crippen LogP contribution in [0.5, 0.6) is 0 Å². The molecule has 2 saturated heterocycles. The number of nitrogens with zero attached hydrogens (tertiary/aromatic N) is 6. The second-order valence-corrected chi connectivity index (χ2v) is 8.42. The first kappa shape index (κ1) is 19.0. The second kappa shape index (κ2) is 7.57. The predicted octanol–water partition coefficient (Wildman–Crippen LogP) is 0.829. The Morgan fingerprint density at radius 1 is 1.18 bits per heavy atom. The van der Waals surface area contributed by atoms with Crippen molar-refractivity contribution >= 4 is 29.7 Å². The van der Waals surface area contributed by atoms with E-state index in [1.165, 1.54) is 4.90 Å². The summed E-state index contributed by atoms with van der Waals surface area (Å²) in [5.74, 6) is 1.27. The highest BCUT2D eigenvalue weighted by Crippen LogP contribution is 2.27. The van der Waals surface area contributed by atoms with E-state index in [1.54, 1.807) is 18.8 Å². The number of likely N-dealkylation sites (N-methyl/N-ethyl adjacent to an activating group) is 1. The highest BCUT2D eigenvalue weighted by Gasteiger charge is 2.49. The number of urea groups is 1. The Labute approximate surface area is 168 Å². The van der Waals surface area contributed by atoms with Crippen molar-refractivity contribution in [3.05, 3.63) is 17.5 Å². The van der Waals surface area contributed by atoms with Gasteiger partial charge in [0.25, 0.3) is 5.91 Å². The summed E-state index contributed by atoms with van der Waals surface area (Å²) < 4.78 is 0. The van der Waals surface area contributed by atoms with Crippen molar-refractivity contribution in [3.8, 4) is 0 Å². The molecule has 1 aromatic heterocycles. The fourth-order valence-electron chi connectivity index (χ4n) is 3.92. The Kier molecular flexibility index (Phi) is 5.13. The molecule has 3 aliphatic heterocycles. The molecule has 28 heavy (non-hydrogen) atoms. The maximum Gasteiger partial charge on any atom is 0.325 e. The molecule has 2 unspecified atom stereocenters. The summed E-state index contributed by atoms with van der Waals surface area (Å²) >= 11 is 1.57. The average Bonchev–Trinajstić information content (AvgIpc) is 3.27. The standard InChI is InChI=1S/C18H25N7O2S/c1-11-10-12(2)20-16(19-11)28-9-8-25-13-14(23(3)18(27)22-15(13)26)21-17(25)24-6-4-5-7-24/h10,13-14H,4-9H2,1-3H3,(H,22,26,27). The lowest BCUT2D eigenvalue weighted by atomic mass is 10.1. The van der Waals surface area contributed by atoms with Crippen LogP contribution >= 0.6 is 11.8 Å². The van der Waals surface area contributed by atoms with E-state index in [1.807, 2.05) is 24.8 Å². The monoisotopic (exact) mass is 403 g/mol. The smallest absolute Gasteiger partial charge is 0.325 e. The number of aryl methyl sites for hydroxylation is 2. The van der Waals surface area contributed by atoms with Crippen molar-refractivity contribution in [2.75, 3.05) is 32.4 Å². The lowest BCUT2D eigenvalue weighted by Gasteiger charge is -2.37. The van der Waals surface area contributed by atoms with Gasteiger partial charge in [0.2, 0.25) is 0 Å². The molecule has 0 radical (unpaired) electrons. The summed E-state index contributed by atoms with van der Waals surface area (Å²) in [6.07, 6.45) is 1.77. The Balaban J connectivity index is 1.51. The van der Waals surface area contributed by atoms with Gasteiger partial charge in [-0.3, -0.25) is 10.1 Å². The van der Waals surface area contributed by atoms with Gasteiger partial charge in [-0.2, -0.15) is 0 Å². The zero-order valence-corrected chi connectivity index (χ0v) is 17.2. The van der Waals surface area contributed by atoms with Gasteiger partial charge in [0.05, 0.1) is 0 Å². The number of carbonyl (C=O) groups is 2. The molecular formula is C18H25N7O2S. The summed E-state index contributed by atoms with van der Waals surface area (Å²) in [4.78, 5) is 44.1. The molecule has 0 spiro atoms. The molecule has 0 bridgehead atoms. The number of nitrogens with one attached hydrogen (secondary N) is 1. The minimum atomic E-state index is -0.487. The minimum Gasteiger partial charge on any atom is -0.343 e. The van der Waals surface area contributed by atoms with E-state index in [0.29, 0.717) is 6.54 Å². The van der Waals surface area contributed by atoms with Crippen molar-refractivity contribution in [3.63, 3.8) is 0 Å². The number of amides is 3. The Bertz CT molecular complexity index is 804. The summed E-state index contributed by atoms with van der Waals surface area (Å²) in [6, 6.07) is 1.07. The molecule has 0 aromatic carbocycles. The summed E-state index contributed by atoms with van der Waals surface area (Å²) in [5, 5.41) is 3.19. The molecule has 10 heteroatoms. The minimum absolute atomic E-state index is 0.279. The van der Waals surface area contributed by atoms with Crippen LogP contribution in [-0.2, 0) is 4.79 Å². The van der Waals surface area contributed by atoms with Crippen LogP contribution in [-0.4, -0.2) is 87.2 Å². The molecule has 0 saturated carbocycles. The SMILES string of the molecule is Cc1cc(C)nc(SCCN2C(N3CCCC3)=NC3C2C(=O)NC(=O)N3C)n1. The molecule has 4 rings (SSSR count).